The maximum Gasteiger partial charge on any atom is 0.331 e. The van der Waals surface area contributed by atoms with Gasteiger partial charge in [0, 0.05) is 35.1 Å². The number of hydrogen-bond acceptors (Lipinski definition) is 4. The second-order valence-electron chi connectivity index (χ2n) is 11.8. The first-order valence-corrected chi connectivity index (χ1v) is 12.8. The van der Waals surface area contributed by atoms with Gasteiger partial charge in [0.25, 0.3) is 0 Å². The number of carboxylic acid groups (broad SMARTS) is 1. The van der Waals surface area contributed by atoms with Crippen molar-refractivity contribution in [3.05, 3.63) is 47.7 Å². The molecule has 0 fully saturated rings. The number of para-hydroxylation sites is 1. The van der Waals surface area contributed by atoms with Crippen LogP contribution in [0.2, 0.25) is 0 Å². The van der Waals surface area contributed by atoms with Crippen LogP contribution in [-0.4, -0.2) is 65.0 Å². The van der Waals surface area contributed by atoms with Crippen molar-refractivity contribution in [1.82, 2.24) is 20.5 Å². The van der Waals surface area contributed by atoms with Crippen molar-refractivity contribution >= 4 is 28.7 Å². The number of likely N-dealkylation sites (N-methyl/N-ethyl adjacent to an activating group) is 2. The Kier molecular flexibility index (Phi) is 9.36. The summed E-state index contributed by atoms with van der Waals surface area (Å²) in [7, 11) is 3.41. The van der Waals surface area contributed by atoms with Crippen molar-refractivity contribution in [3.8, 4) is 0 Å². The maximum absolute atomic E-state index is 13.8. The van der Waals surface area contributed by atoms with Gasteiger partial charge in [-0.2, -0.15) is 0 Å². The fraction of sp³-hybridized carbons (Fsp3) is 0.552. The van der Waals surface area contributed by atoms with Crippen molar-refractivity contribution < 1.29 is 19.5 Å². The number of H-pyrrole nitrogens is 1. The molecule has 0 spiro atoms. The van der Waals surface area contributed by atoms with E-state index in [0.717, 1.165) is 16.5 Å². The lowest BCUT2D eigenvalue weighted by Crippen LogP contribution is -2.61. The zero-order valence-corrected chi connectivity index (χ0v) is 23.9. The van der Waals surface area contributed by atoms with E-state index in [-0.39, 0.29) is 23.3 Å². The Balaban J connectivity index is 2.40. The predicted molar refractivity (Wildman–Crippen MR) is 148 cm³/mol. The minimum absolute atomic E-state index is 0.0227. The Bertz CT molecular complexity index is 1160. The molecule has 0 saturated carbocycles. The fourth-order valence-electron chi connectivity index (χ4n) is 4.88. The molecule has 1 aromatic carbocycles. The first kappa shape index (κ1) is 30.1. The third-order valence-corrected chi connectivity index (χ3v) is 7.19. The number of fused-ring (bicyclic) bond motifs is 1. The summed E-state index contributed by atoms with van der Waals surface area (Å²) in [6, 6.07) is 6.09. The summed E-state index contributed by atoms with van der Waals surface area (Å²) < 4.78 is 0. The molecule has 0 aliphatic heterocycles. The van der Waals surface area contributed by atoms with Crippen LogP contribution in [0, 0.1) is 11.3 Å². The van der Waals surface area contributed by atoms with Crippen LogP contribution in [0.5, 0.6) is 0 Å². The fourth-order valence-corrected chi connectivity index (χ4v) is 4.88. The average Bonchev–Trinajstić information content (AvgIpc) is 3.24. The highest BCUT2D eigenvalue weighted by Crippen LogP contribution is 2.34. The standard InChI is InChI=1S/C29H44N4O4/c1-17(2)22(15-18(3)27(36)37)33(10)26(35)24(28(4,5)6)32-25(34)23(30-9)29(7,8)20-16-31-21-14-12-11-13-19(20)21/h11-17,22-24,30-31H,1-10H3,(H,32,34)(H,36,37)/b18-15+/t22-,23-,24-/m1/s1. The predicted octanol–water partition coefficient (Wildman–Crippen LogP) is 4.08. The summed E-state index contributed by atoms with van der Waals surface area (Å²) in [6.45, 7) is 15.1. The molecular weight excluding hydrogens is 468 g/mol. The number of amides is 2. The van der Waals surface area contributed by atoms with E-state index in [2.05, 4.69) is 15.6 Å². The quantitative estimate of drug-likeness (QED) is 0.358. The van der Waals surface area contributed by atoms with E-state index in [1.165, 1.54) is 6.92 Å². The van der Waals surface area contributed by atoms with E-state index in [4.69, 9.17) is 0 Å². The summed E-state index contributed by atoms with van der Waals surface area (Å²) >= 11 is 0. The van der Waals surface area contributed by atoms with Gasteiger partial charge in [-0.25, -0.2) is 4.79 Å². The van der Waals surface area contributed by atoms with Gasteiger partial charge >= 0.3 is 5.97 Å². The summed E-state index contributed by atoms with van der Waals surface area (Å²) in [5.41, 5.74) is 0.983. The highest BCUT2D eigenvalue weighted by atomic mass is 16.4. The lowest BCUT2D eigenvalue weighted by atomic mass is 9.76. The number of nitrogens with one attached hydrogen (secondary N) is 3. The highest BCUT2D eigenvalue weighted by Gasteiger charge is 2.42. The minimum atomic E-state index is -1.02. The van der Waals surface area contributed by atoms with Gasteiger partial charge in [0.15, 0.2) is 0 Å². The van der Waals surface area contributed by atoms with Crippen LogP contribution in [0.1, 0.15) is 61.0 Å². The smallest absolute Gasteiger partial charge is 0.331 e. The molecule has 0 saturated heterocycles. The molecule has 0 radical (unpaired) electrons. The lowest BCUT2D eigenvalue weighted by molar-refractivity contribution is -0.141. The van der Waals surface area contributed by atoms with Crippen LogP contribution in [0.15, 0.2) is 42.1 Å². The van der Waals surface area contributed by atoms with E-state index in [0.29, 0.717) is 0 Å². The number of carbonyl (C=O) groups is 3. The van der Waals surface area contributed by atoms with Gasteiger partial charge in [-0.05, 0) is 36.9 Å². The number of nitrogens with zero attached hydrogens (tertiary/aromatic N) is 1. The third-order valence-electron chi connectivity index (χ3n) is 7.19. The molecule has 37 heavy (non-hydrogen) atoms. The summed E-state index contributed by atoms with van der Waals surface area (Å²) in [5, 5.41) is 16.6. The van der Waals surface area contributed by atoms with Crippen molar-refractivity contribution in [2.75, 3.05) is 14.1 Å². The molecule has 0 unspecified atom stereocenters. The van der Waals surface area contributed by atoms with Gasteiger partial charge < -0.3 is 25.6 Å². The number of aromatic amines is 1. The highest BCUT2D eigenvalue weighted by molar-refractivity contribution is 5.93. The normalized spacial score (nSPS) is 15.4. The zero-order chi connectivity index (χ0) is 28.3. The van der Waals surface area contributed by atoms with Crippen molar-refractivity contribution in [2.45, 2.75) is 78.9 Å². The molecule has 0 aliphatic carbocycles. The van der Waals surface area contributed by atoms with E-state index >= 15 is 0 Å². The molecule has 8 nitrogen and oxygen atoms in total. The van der Waals surface area contributed by atoms with Crippen molar-refractivity contribution in [2.24, 2.45) is 11.3 Å². The van der Waals surface area contributed by atoms with Crippen molar-refractivity contribution in [3.63, 3.8) is 0 Å². The molecule has 2 aromatic rings. The first-order chi connectivity index (χ1) is 17.0. The molecular formula is C29H44N4O4. The van der Waals surface area contributed by atoms with Gasteiger partial charge in [0.2, 0.25) is 11.8 Å². The third kappa shape index (κ3) is 6.60. The van der Waals surface area contributed by atoms with Gasteiger partial charge in [0.1, 0.15) is 6.04 Å². The summed E-state index contributed by atoms with van der Waals surface area (Å²) in [5.74, 6) is -1.60. The monoisotopic (exact) mass is 512 g/mol. The van der Waals surface area contributed by atoms with E-state index in [1.54, 1.807) is 25.1 Å². The number of hydrogen-bond donors (Lipinski definition) is 4. The van der Waals surface area contributed by atoms with Crippen LogP contribution in [0.4, 0.5) is 0 Å². The SMILES string of the molecule is CN[C@H](C(=O)N[C@H](C(=O)N(C)[C@H](/C=C(\C)C(=O)O)C(C)C)C(C)(C)C)C(C)(C)c1c[nH]c2ccccc12. The Hall–Kier alpha value is -3.13. The van der Waals surface area contributed by atoms with Crippen LogP contribution >= 0.6 is 0 Å². The molecule has 2 amide bonds. The molecule has 8 heteroatoms. The first-order valence-electron chi connectivity index (χ1n) is 12.8. The average molecular weight is 513 g/mol. The Morgan fingerprint density at radius 1 is 1.05 bits per heavy atom. The largest absolute Gasteiger partial charge is 0.478 e. The van der Waals surface area contributed by atoms with Gasteiger partial charge in [-0.3, -0.25) is 9.59 Å². The molecule has 4 N–H and O–H groups in total. The van der Waals surface area contributed by atoms with Gasteiger partial charge in [-0.15, -0.1) is 0 Å². The lowest BCUT2D eigenvalue weighted by Gasteiger charge is -2.39. The second kappa shape index (κ2) is 11.5. The molecule has 3 atom stereocenters. The molecule has 1 aromatic heterocycles. The Morgan fingerprint density at radius 3 is 2.16 bits per heavy atom. The van der Waals surface area contributed by atoms with Gasteiger partial charge in [-0.1, -0.05) is 72.7 Å². The van der Waals surface area contributed by atoms with Crippen LogP contribution in [0.3, 0.4) is 0 Å². The van der Waals surface area contributed by atoms with Crippen LogP contribution in [0.25, 0.3) is 10.9 Å². The number of carbonyl (C=O) groups excluding carboxylic acids is 2. The van der Waals surface area contributed by atoms with Crippen LogP contribution < -0.4 is 10.6 Å². The van der Waals surface area contributed by atoms with Gasteiger partial charge in [0.05, 0.1) is 12.1 Å². The number of rotatable bonds is 10. The molecule has 0 aliphatic rings. The molecule has 2 rings (SSSR count). The maximum atomic E-state index is 13.8. The Labute approximate surface area is 220 Å². The summed E-state index contributed by atoms with van der Waals surface area (Å²) in [4.78, 5) is 43.8. The molecule has 0 bridgehead atoms. The van der Waals surface area contributed by atoms with Crippen molar-refractivity contribution in [1.29, 1.82) is 0 Å². The second-order valence-corrected chi connectivity index (χ2v) is 11.8. The zero-order valence-electron chi connectivity index (χ0n) is 23.9. The van der Waals surface area contributed by atoms with E-state index < -0.39 is 34.9 Å². The molecule has 1 heterocycles. The van der Waals surface area contributed by atoms with E-state index in [9.17, 15) is 19.5 Å². The minimum Gasteiger partial charge on any atom is -0.478 e. The number of benzene rings is 1. The Morgan fingerprint density at radius 2 is 1.65 bits per heavy atom. The van der Waals surface area contributed by atoms with Crippen LogP contribution in [-0.2, 0) is 19.8 Å². The number of aliphatic carboxylic acids is 1. The number of aromatic nitrogens is 1. The summed E-state index contributed by atoms with van der Waals surface area (Å²) in [6.07, 6.45) is 3.54. The molecule has 204 valence electrons. The number of carboxylic acids is 1. The van der Waals surface area contributed by atoms with E-state index in [1.807, 2.05) is 78.9 Å². The topological polar surface area (TPSA) is 115 Å².